The third kappa shape index (κ3) is 3.28. The molecule has 0 aliphatic carbocycles. The Labute approximate surface area is 133 Å². The summed E-state index contributed by atoms with van der Waals surface area (Å²) in [5.74, 6) is 0.539. The molecule has 114 valence electrons. The van der Waals surface area contributed by atoms with Crippen molar-refractivity contribution in [3.63, 3.8) is 0 Å². The molecule has 0 bridgehead atoms. The summed E-state index contributed by atoms with van der Waals surface area (Å²) in [5, 5.41) is 3.72. The van der Waals surface area contributed by atoms with Crippen molar-refractivity contribution in [2.45, 2.75) is 12.5 Å². The Morgan fingerprint density at radius 3 is 2.64 bits per heavy atom. The maximum Gasteiger partial charge on any atom is 0.253 e. The molecule has 3 N–H and O–H groups in total. The van der Waals surface area contributed by atoms with Crippen molar-refractivity contribution in [3.05, 3.63) is 47.2 Å². The zero-order chi connectivity index (χ0) is 15.5. The summed E-state index contributed by atoms with van der Waals surface area (Å²) in [6.07, 6.45) is 3.94. The first-order chi connectivity index (χ1) is 10.6. The van der Waals surface area contributed by atoms with Crippen LogP contribution in [0.4, 0.5) is 11.6 Å². The SMILES string of the molecule is Nc1ccc(C(=O)N2CC[C@@H](Nc3ncc(Cl)cn3)C2)cc1. The molecule has 22 heavy (non-hydrogen) atoms. The molecule has 1 amide bonds. The number of amides is 1. The van der Waals surface area contributed by atoms with Gasteiger partial charge in [0.25, 0.3) is 5.91 Å². The van der Waals surface area contributed by atoms with E-state index in [1.807, 2.05) is 4.90 Å². The lowest BCUT2D eigenvalue weighted by Crippen LogP contribution is -2.31. The fourth-order valence-corrected chi connectivity index (χ4v) is 2.54. The van der Waals surface area contributed by atoms with Gasteiger partial charge in [-0.25, -0.2) is 9.97 Å². The summed E-state index contributed by atoms with van der Waals surface area (Å²) in [6, 6.07) is 7.11. The second-order valence-corrected chi connectivity index (χ2v) is 5.66. The topological polar surface area (TPSA) is 84.1 Å². The van der Waals surface area contributed by atoms with Gasteiger partial charge in [0.1, 0.15) is 0 Å². The van der Waals surface area contributed by atoms with Gasteiger partial charge in [0, 0.05) is 30.4 Å². The van der Waals surface area contributed by atoms with Crippen LogP contribution in [0.15, 0.2) is 36.7 Å². The van der Waals surface area contributed by atoms with E-state index >= 15 is 0 Å². The highest BCUT2D eigenvalue weighted by atomic mass is 35.5. The smallest absolute Gasteiger partial charge is 0.253 e. The molecule has 1 saturated heterocycles. The van der Waals surface area contributed by atoms with E-state index in [1.54, 1.807) is 36.7 Å². The monoisotopic (exact) mass is 317 g/mol. The van der Waals surface area contributed by atoms with E-state index in [1.165, 1.54) is 0 Å². The Kier molecular flexibility index (Phi) is 4.11. The minimum absolute atomic E-state index is 0.0151. The minimum atomic E-state index is 0.0151. The number of carbonyl (C=O) groups excluding carboxylic acids is 1. The molecule has 1 aliphatic rings. The van der Waals surface area contributed by atoms with Crippen LogP contribution in [0.5, 0.6) is 0 Å². The van der Waals surface area contributed by atoms with Crippen molar-refractivity contribution >= 4 is 29.1 Å². The summed E-state index contributed by atoms with van der Waals surface area (Å²) in [5.41, 5.74) is 6.94. The molecular formula is C15H16ClN5O. The molecule has 2 heterocycles. The first-order valence-corrected chi connectivity index (χ1v) is 7.38. The molecule has 1 atom stereocenters. The largest absolute Gasteiger partial charge is 0.399 e. The van der Waals surface area contributed by atoms with Crippen LogP contribution < -0.4 is 11.1 Å². The molecule has 0 saturated carbocycles. The molecule has 0 spiro atoms. The summed E-state index contributed by atoms with van der Waals surface area (Å²) in [6.45, 7) is 1.32. The van der Waals surface area contributed by atoms with E-state index in [2.05, 4.69) is 15.3 Å². The molecule has 7 heteroatoms. The Balaban J connectivity index is 1.61. The lowest BCUT2D eigenvalue weighted by Gasteiger charge is -2.17. The van der Waals surface area contributed by atoms with E-state index in [9.17, 15) is 4.79 Å². The van der Waals surface area contributed by atoms with Crippen LogP contribution in [0.3, 0.4) is 0 Å². The van der Waals surface area contributed by atoms with Gasteiger partial charge in [0.15, 0.2) is 0 Å². The zero-order valence-corrected chi connectivity index (χ0v) is 12.6. The molecule has 0 radical (unpaired) electrons. The van der Waals surface area contributed by atoms with Crippen molar-refractivity contribution < 1.29 is 4.79 Å². The van der Waals surface area contributed by atoms with Gasteiger partial charge in [-0.3, -0.25) is 4.79 Å². The quantitative estimate of drug-likeness (QED) is 0.846. The Morgan fingerprint density at radius 2 is 1.95 bits per heavy atom. The van der Waals surface area contributed by atoms with Gasteiger partial charge in [-0.1, -0.05) is 11.6 Å². The summed E-state index contributed by atoms with van der Waals surface area (Å²) >= 11 is 5.76. The van der Waals surface area contributed by atoms with E-state index in [0.29, 0.717) is 35.3 Å². The third-order valence-corrected chi connectivity index (χ3v) is 3.78. The number of anilines is 2. The molecule has 1 aromatic heterocycles. The van der Waals surface area contributed by atoms with Gasteiger partial charge in [0.2, 0.25) is 5.95 Å². The van der Waals surface area contributed by atoms with E-state index in [4.69, 9.17) is 17.3 Å². The first-order valence-electron chi connectivity index (χ1n) is 7.01. The minimum Gasteiger partial charge on any atom is -0.399 e. The third-order valence-electron chi connectivity index (χ3n) is 3.59. The lowest BCUT2D eigenvalue weighted by atomic mass is 10.2. The van der Waals surface area contributed by atoms with Gasteiger partial charge >= 0.3 is 0 Å². The zero-order valence-electron chi connectivity index (χ0n) is 11.9. The fraction of sp³-hybridized carbons (Fsp3) is 0.267. The summed E-state index contributed by atoms with van der Waals surface area (Å²) in [7, 11) is 0. The highest BCUT2D eigenvalue weighted by Gasteiger charge is 2.27. The summed E-state index contributed by atoms with van der Waals surface area (Å²) < 4.78 is 0. The number of nitrogen functional groups attached to an aromatic ring is 1. The molecular weight excluding hydrogens is 302 g/mol. The molecule has 3 rings (SSSR count). The summed E-state index contributed by atoms with van der Waals surface area (Å²) in [4.78, 5) is 22.4. The molecule has 1 aromatic carbocycles. The number of hydrogen-bond acceptors (Lipinski definition) is 5. The van der Waals surface area contributed by atoms with Crippen molar-refractivity contribution in [2.75, 3.05) is 24.1 Å². The van der Waals surface area contributed by atoms with Gasteiger partial charge in [-0.15, -0.1) is 0 Å². The predicted octanol–water partition coefficient (Wildman–Crippen LogP) is 2.04. The Bertz CT molecular complexity index is 659. The molecule has 2 aromatic rings. The second-order valence-electron chi connectivity index (χ2n) is 5.23. The Morgan fingerprint density at radius 1 is 1.27 bits per heavy atom. The maximum absolute atomic E-state index is 12.4. The number of nitrogens with zero attached hydrogens (tertiary/aromatic N) is 3. The highest BCUT2D eigenvalue weighted by molar-refractivity contribution is 6.30. The van der Waals surface area contributed by atoms with E-state index in [0.717, 1.165) is 6.42 Å². The van der Waals surface area contributed by atoms with Crippen LogP contribution in [0.1, 0.15) is 16.8 Å². The number of rotatable bonds is 3. The van der Waals surface area contributed by atoms with Crippen LogP contribution in [-0.4, -0.2) is 39.9 Å². The number of halogens is 1. The molecule has 0 unspecified atom stereocenters. The van der Waals surface area contributed by atoms with Crippen LogP contribution in [-0.2, 0) is 0 Å². The number of benzene rings is 1. The van der Waals surface area contributed by atoms with Gasteiger partial charge in [0.05, 0.1) is 17.4 Å². The van der Waals surface area contributed by atoms with Crippen molar-refractivity contribution in [1.82, 2.24) is 14.9 Å². The van der Waals surface area contributed by atoms with E-state index in [-0.39, 0.29) is 11.9 Å². The van der Waals surface area contributed by atoms with Crippen LogP contribution in [0.2, 0.25) is 5.02 Å². The van der Waals surface area contributed by atoms with Crippen molar-refractivity contribution in [1.29, 1.82) is 0 Å². The average molecular weight is 318 g/mol. The number of hydrogen-bond donors (Lipinski definition) is 2. The van der Waals surface area contributed by atoms with Crippen LogP contribution in [0.25, 0.3) is 0 Å². The standard InChI is InChI=1S/C15H16ClN5O/c16-11-7-18-15(19-8-11)20-13-5-6-21(9-13)14(22)10-1-3-12(17)4-2-10/h1-4,7-8,13H,5-6,9,17H2,(H,18,19,20)/t13-/m1/s1. The van der Waals surface area contributed by atoms with Gasteiger partial charge < -0.3 is 16.0 Å². The number of nitrogens with one attached hydrogen (secondary N) is 1. The molecule has 6 nitrogen and oxygen atoms in total. The molecule has 1 aliphatic heterocycles. The average Bonchev–Trinajstić information content (AvgIpc) is 2.98. The first kappa shape index (κ1) is 14.6. The van der Waals surface area contributed by atoms with Gasteiger partial charge in [-0.05, 0) is 30.7 Å². The maximum atomic E-state index is 12.4. The van der Waals surface area contributed by atoms with Crippen LogP contribution >= 0.6 is 11.6 Å². The Hall–Kier alpha value is -2.34. The molecule has 1 fully saturated rings. The van der Waals surface area contributed by atoms with E-state index < -0.39 is 0 Å². The lowest BCUT2D eigenvalue weighted by molar-refractivity contribution is 0.0791. The normalized spacial score (nSPS) is 17.5. The fourth-order valence-electron chi connectivity index (χ4n) is 2.44. The van der Waals surface area contributed by atoms with Crippen molar-refractivity contribution in [2.24, 2.45) is 0 Å². The van der Waals surface area contributed by atoms with Gasteiger partial charge in [-0.2, -0.15) is 0 Å². The van der Waals surface area contributed by atoms with Crippen molar-refractivity contribution in [3.8, 4) is 0 Å². The second kappa shape index (κ2) is 6.19. The number of aromatic nitrogens is 2. The van der Waals surface area contributed by atoms with Crippen LogP contribution in [0, 0.1) is 0 Å². The highest BCUT2D eigenvalue weighted by Crippen LogP contribution is 2.17. The number of carbonyl (C=O) groups is 1. The number of nitrogens with two attached hydrogens (primary N) is 1. The predicted molar refractivity (Wildman–Crippen MR) is 85.8 cm³/mol. The number of likely N-dealkylation sites (tertiary alicyclic amines) is 1.